The van der Waals surface area contributed by atoms with Crippen molar-refractivity contribution in [1.82, 2.24) is 15.2 Å². The van der Waals surface area contributed by atoms with E-state index in [1.54, 1.807) is 24.4 Å². The number of carboxylic acid groups (broad SMARTS) is 1. The third kappa shape index (κ3) is 5.15. The Bertz CT molecular complexity index is 544. The summed E-state index contributed by atoms with van der Waals surface area (Å²) in [7, 11) is 0. The molecule has 23 heavy (non-hydrogen) atoms. The van der Waals surface area contributed by atoms with Crippen LogP contribution in [0.3, 0.4) is 0 Å². The van der Waals surface area contributed by atoms with E-state index in [0.717, 1.165) is 0 Å². The quantitative estimate of drug-likeness (QED) is 0.863. The van der Waals surface area contributed by atoms with Crippen LogP contribution in [-0.2, 0) is 11.2 Å². The number of rotatable bonds is 5. The molecule has 1 unspecified atom stereocenters. The summed E-state index contributed by atoms with van der Waals surface area (Å²) >= 11 is 0. The minimum atomic E-state index is -2.72. The van der Waals surface area contributed by atoms with Gasteiger partial charge in [-0.15, -0.1) is 0 Å². The van der Waals surface area contributed by atoms with Gasteiger partial charge in [-0.2, -0.15) is 0 Å². The molecule has 0 aromatic carbocycles. The molecule has 0 spiro atoms. The van der Waals surface area contributed by atoms with Crippen molar-refractivity contribution < 1.29 is 23.5 Å². The minimum Gasteiger partial charge on any atom is -0.481 e. The van der Waals surface area contributed by atoms with Gasteiger partial charge in [-0.05, 0) is 12.1 Å². The number of halogens is 2. The summed E-state index contributed by atoms with van der Waals surface area (Å²) in [5, 5.41) is 11.7. The third-order valence-corrected chi connectivity index (χ3v) is 3.81. The summed E-state index contributed by atoms with van der Waals surface area (Å²) in [6.07, 6.45) is 1.03. The van der Waals surface area contributed by atoms with Crippen molar-refractivity contribution in [2.24, 2.45) is 5.92 Å². The molecule has 1 aliphatic heterocycles. The molecule has 0 bridgehead atoms. The molecule has 0 radical (unpaired) electrons. The molecule has 1 aromatic rings. The van der Waals surface area contributed by atoms with E-state index >= 15 is 0 Å². The van der Waals surface area contributed by atoms with E-state index in [1.165, 1.54) is 4.90 Å². The molecule has 2 N–H and O–H groups in total. The van der Waals surface area contributed by atoms with E-state index in [-0.39, 0.29) is 38.9 Å². The van der Waals surface area contributed by atoms with Crippen LogP contribution in [0.15, 0.2) is 24.4 Å². The number of piperidine rings is 1. The average molecular weight is 327 g/mol. The summed E-state index contributed by atoms with van der Waals surface area (Å²) < 4.78 is 26.1. The number of aromatic nitrogens is 1. The van der Waals surface area contributed by atoms with Crippen LogP contribution in [0.25, 0.3) is 0 Å². The van der Waals surface area contributed by atoms with E-state index in [1.807, 2.05) is 0 Å². The fourth-order valence-corrected chi connectivity index (χ4v) is 2.38. The van der Waals surface area contributed by atoms with Gasteiger partial charge >= 0.3 is 12.0 Å². The Morgan fingerprint density at radius 1 is 1.35 bits per heavy atom. The molecule has 0 aliphatic carbocycles. The van der Waals surface area contributed by atoms with E-state index in [9.17, 15) is 23.5 Å². The number of carbonyl (C=O) groups is 2. The second-order valence-corrected chi connectivity index (χ2v) is 5.59. The van der Waals surface area contributed by atoms with Gasteiger partial charge in [0.2, 0.25) is 0 Å². The molecule has 0 saturated carbocycles. The number of nitrogens with zero attached hydrogens (tertiary/aromatic N) is 2. The van der Waals surface area contributed by atoms with E-state index < -0.39 is 23.8 Å². The molecule has 1 aliphatic rings. The number of likely N-dealkylation sites (tertiary alicyclic amines) is 1. The van der Waals surface area contributed by atoms with Gasteiger partial charge < -0.3 is 15.3 Å². The Labute approximate surface area is 132 Å². The summed E-state index contributed by atoms with van der Waals surface area (Å²) in [6, 6.07) is 4.69. The lowest BCUT2D eigenvalue weighted by molar-refractivity contribution is -0.141. The summed E-state index contributed by atoms with van der Waals surface area (Å²) in [5.74, 6) is -4.58. The smallest absolute Gasteiger partial charge is 0.317 e. The summed E-state index contributed by atoms with van der Waals surface area (Å²) in [5.41, 5.74) is 0.617. The highest BCUT2D eigenvalue weighted by molar-refractivity contribution is 5.76. The highest BCUT2D eigenvalue weighted by Crippen LogP contribution is 2.27. The van der Waals surface area contributed by atoms with Crippen molar-refractivity contribution in [3.05, 3.63) is 30.1 Å². The molecular weight excluding hydrogens is 308 g/mol. The summed E-state index contributed by atoms with van der Waals surface area (Å²) in [6.45, 7) is -0.134. The number of amides is 2. The Morgan fingerprint density at radius 2 is 2.04 bits per heavy atom. The molecule has 2 heterocycles. The van der Waals surface area contributed by atoms with Gasteiger partial charge in [0.25, 0.3) is 5.92 Å². The van der Waals surface area contributed by atoms with Crippen LogP contribution >= 0.6 is 0 Å². The van der Waals surface area contributed by atoms with Crippen molar-refractivity contribution in [3.63, 3.8) is 0 Å². The first kappa shape index (κ1) is 17.1. The van der Waals surface area contributed by atoms with Crippen molar-refractivity contribution in [2.45, 2.75) is 25.2 Å². The lowest BCUT2D eigenvalue weighted by Crippen LogP contribution is -2.48. The van der Waals surface area contributed by atoms with Gasteiger partial charge in [0.05, 0.1) is 5.92 Å². The van der Waals surface area contributed by atoms with Gasteiger partial charge in [0, 0.05) is 50.8 Å². The molecule has 1 atom stereocenters. The Morgan fingerprint density at radius 3 is 2.61 bits per heavy atom. The van der Waals surface area contributed by atoms with Gasteiger partial charge in [-0.3, -0.25) is 9.78 Å². The first-order chi connectivity index (χ1) is 10.9. The topological polar surface area (TPSA) is 82.5 Å². The van der Waals surface area contributed by atoms with Crippen molar-refractivity contribution in [3.8, 4) is 0 Å². The second kappa shape index (κ2) is 7.34. The maximum Gasteiger partial charge on any atom is 0.317 e. The van der Waals surface area contributed by atoms with E-state index in [0.29, 0.717) is 5.69 Å². The van der Waals surface area contributed by atoms with E-state index in [4.69, 9.17) is 0 Å². The Kier molecular flexibility index (Phi) is 5.46. The van der Waals surface area contributed by atoms with Crippen molar-refractivity contribution in [1.29, 1.82) is 0 Å². The van der Waals surface area contributed by atoms with Crippen LogP contribution in [0.5, 0.6) is 0 Å². The predicted octanol–water partition coefficient (Wildman–Crippen LogP) is 1.77. The van der Waals surface area contributed by atoms with Crippen LogP contribution in [0.2, 0.25) is 0 Å². The minimum absolute atomic E-state index is 0.0309. The van der Waals surface area contributed by atoms with Crippen molar-refractivity contribution in [2.75, 3.05) is 19.6 Å². The van der Waals surface area contributed by atoms with Crippen LogP contribution in [0.1, 0.15) is 18.5 Å². The van der Waals surface area contributed by atoms with Crippen molar-refractivity contribution >= 4 is 12.0 Å². The molecule has 2 rings (SSSR count). The van der Waals surface area contributed by atoms with Crippen LogP contribution in [0.4, 0.5) is 13.6 Å². The number of aliphatic carboxylic acids is 1. The first-order valence-corrected chi connectivity index (χ1v) is 7.41. The highest BCUT2D eigenvalue weighted by atomic mass is 19.3. The maximum atomic E-state index is 13.1. The number of alkyl halides is 2. The van der Waals surface area contributed by atoms with Gasteiger partial charge in [0.1, 0.15) is 0 Å². The standard InChI is InChI=1S/C15H19F2N3O3/c16-15(17)4-7-20(8-5-15)14(23)19-10-11(13(21)22)9-12-3-1-2-6-18-12/h1-3,6,11H,4-5,7-10H2,(H,19,23)(H,21,22). The Balaban J connectivity index is 1.84. The lowest BCUT2D eigenvalue weighted by atomic mass is 10.0. The van der Waals surface area contributed by atoms with Gasteiger partial charge in [-0.1, -0.05) is 6.07 Å². The van der Waals surface area contributed by atoms with Gasteiger partial charge in [0.15, 0.2) is 0 Å². The number of pyridine rings is 1. The average Bonchev–Trinajstić information content (AvgIpc) is 2.51. The molecule has 1 fully saturated rings. The molecule has 8 heteroatoms. The first-order valence-electron chi connectivity index (χ1n) is 7.41. The number of urea groups is 1. The molecule has 1 saturated heterocycles. The van der Waals surface area contributed by atoms with Crippen LogP contribution < -0.4 is 5.32 Å². The monoisotopic (exact) mass is 327 g/mol. The second-order valence-electron chi connectivity index (χ2n) is 5.59. The highest BCUT2D eigenvalue weighted by Gasteiger charge is 2.35. The Hall–Kier alpha value is -2.25. The molecule has 2 amide bonds. The number of hydrogen-bond acceptors (Lipinski definition) is 3. The fourth-order valence-electron chi connectivity index (χ4n) is 2.38. The SMILES string of the molecule is O=C(O)C(CNC(=O)N1CCC(F)(F)CC1)Cc1ccccn1. The predicted molar refractivity (Wildman–Crippen MR) is 78.2 cm³/mol. The number of hydrogen-bond donors (Lipinski definition) is 2. The number of carbonyl (C=O) groups excluding carboxylic acids is 1. The maximum absolute atomic E-state index is 13.1. The van der Waals surface area contributed by atoms with Gasteiger partial charge in [-0.25, -0.2) is 13.6 Å². The van der Waals surface area contributed by atoms with Crippen LogP contribution in [-0.4, -0.2) is 52.5 Å². The normalized spacial score (nSPS) is 18.3. The molecule has 1 aromatic heterocycles. The van der Waals surface area contributed by atoms with E-state index in [2.05, 4.69) is 10.3 Å². The zero-order valence-corrected chi connectivity index (χ0v) is 12.5. The van der Waals surface area contributed by atoms with Crippen LogP contribution in [0, 0.1) is 5.92 Å². The molecule has 126 valence electrons. The fraction of sp³-hybridized carbons (Fsp3) is 0.533. The zero-order chi connectivity index (χ0) is 16.9. The number of nitrogens with one attached hydrogen (secondary N) is 1. The molecule has 6 nitrogen and oxygen atoms in total. The zero-order valence-electron chi connectivity index (χ0n) is 12.5. The number of carboxylic acids is 1. The molecular formula is C15H19F2N3O3. The third-order valence-electron chi connectivity index (χ3n) is 3.81. The largest absolute Gasteiger partial charge is 0.481 e. The lowest BCUT2D eigenvalue weighted by Gasteiger charge is -2.32. The summed E-state index contributed by atoms with van der Waals surface area (Å²) in [4.78, 5) is 28.6.